The Balaban J connectivity index is 1.58. The van der Waals surface area contributed by atoms with E-state index in [2.05, 4.69) is 66.4 Å². The van der Waals surface area contributed by atoms with E-state index in [-0.39, 0.29) is 0 Å². The predicted molar refractivity (Wildman–Crippen MR) is 91.2 cm³/mol. The van der Waals surface area contributed by atoms with Crippen molar-refractivity contribution in [3.05, 3.63) is 65.7 Å². The Morgan fingerprint density at radius 3 is 2.68 bits per heavy atom. The number of rotatable bonds is 5. The monoisotopic (exact) mass is 295 g/mol. The van der Waals surface area contributed by atoms with Gasteiger partial charge < -0.3 is 4.74 Å². The zero-order valence-electron chi connectivity index (χ0n) is 13.4. The molecule has 0 amide bonds. The second-order valence-corrected chi connectivity index (χ2v) is 6.10. The van der Waals surface area contributed by atoms with Gasteiger partial charge in [-0.05, 0) is 49.1 Å². The molecule has 22 heavy (non-hydrogen) atoms. The minimum Gasteiger partial charge on any atom is -0.489 e. The summed E-state index contributed by atoms with van der Waals surface area (Å²) in [6.07, 6.45) is 3.73. The van der Waals surface area contributed by atoms with Gasteiger partial charge in [0.1, 0.15) is 11.9 Å². The standard InChI is InChI=1S/C20H25NO/c1-2-17-10-6-11-19(14-17)22-20-12-7-13-21(16-20)15-18-8-4-3-5-9-18/h3-6,8-11,14,20H,2,7,12-13,15-16H2,1H3. The summed E-state index contributed by atoms with van der Waals surface area (Å²) in [5, 5.41) is 0. The largest absolute Gasteiger partial charge is 0.489 e. The molecule has 2 aromatic rings. The molecule has 2 nitrogen and oxygen atoms in total. The maximum Gasteiger partial charge on any atom is 0.120 e. The molecule has 1 aliphatic rings. The lowest BCUT2D eigenvalue weighted by Gasteiger charge is -2.33. The summed E-state index contributed by atoms with van der Waals surface area (Å²) in [4.78, 5) is 2.51. The summed E-state index contributed by atoms with van der Waals surface area (Å²) in [5.74, 6) is 1.02. The number of aryl methyl sites for hydroxylation is 1. The van der Waals surface area contributed by atoms with E-state index in [1.807, 2.05) is 0 Å². The van der Waals surface area contributed by atoms with E-state index in [9.17, 15) is 0 Å². The van der Waals surface area contributed by atoms with E-state index in [0.717, 1.165) is 31.7 Å². The van der Waals surface area contributed by atoms with Crippen LogP contribution in [0, 0.1) is 0 Å². The number of ether oxygens (including phenoxy) is 1. The fourth-order valence-corrected chi connectivity index (χ4v) is 3.13. The van der Waals surface area contributed by atoms with Crippen molar-refractivity contribution in [2.75, 3.05) is 13.1 Å². The van der Waals surface area contributed by atoms with Crippen molar-refractivity contribution >= 4 is 0 Å². The van der Waals surface area contributed by atoms with Crippen molar-refractivity contribution < 1.29 is 4.74 Å². The van der Waals surface area contributed by atoms with Crippen LogP contribution in [0.2, 0.25) is 0 Å². The van der Waals surface area contributed by atoms with Gasteiger partial charge >= 0.3 is 0 Å². The summed E-state index contributed by atoms with van der Waals surface area (Å²) in [5.41, 5.74) is 2.73. The maximum atomic E-state index is 6.22. The molecule has 1 atom stereocenters. The van der Waals surface area contributed by atoms with E-state index in [1.54, 1.807) is 0 Å². The van der Waals surface area contributed by atoms with Gasteiger partial charge in [-0.15, -0.1) is 0 Å². The van der Waals surface area contributed by atoms with Crippen LogP contribution in [0.3, 0.4) is 0 Å². The molecule has 0 bridgehead atoms. The number of nitrogens with zero attached hydrogens (tertiary/aromatic N) is 1. The average Bonchev–Trinajstić information content (AvgIpc) is 2.56. The third-order valence-electron chi connectivity index (χ3n) is 4.32. The highest BCUT2D eigenvalue weighted by Gasteiger charge is 2.21. The number of benzene rings is 2. The molecule has 1 aliphatic heterocycles. The fraction of sp³-hybridized carbons (Fsp3) is 0.400. The van der Waals surface area contributed by atoms with Gasteiger partial charge in [0.25, 0.3) is 0 Å². The maximum absolute atomic E-state index is 6.22. The van der Waals surface area contributed by atoms with Crippen molar-refractivity contribution in [3.63, 3.8) is 0 Å². The predicted octanol–water partition coefficient (Wildman–Crippen LogP) is 4.29. The van der Waals surface area contributed by atoms with E-state index < -0.39 is 0 Å². The van der Waals surface area contributed by atoms with Crippen LogP contribution in [0.15, 0.2) is 54.6 Å². The Kier molecular flexibility index (Phi) is 5.12. The van der Waals surface area contributed by atoms with Crippen LogP contribution in [0.1, 0.15) is 30.9 Å². The molecule has 3 rings (SSSR count). The molecule has 2 heteroatoms. The van der Waals surface area contributed by atoms with Gasteiger partial charge in [0.05, 0.1) is 0 Å². The molecule has 0 aromatic heterocycles. The first kappa shape index (κ1) is 15.1. The highest BCUT2D eigenvalue weighted by Crippen LogP contribution is 2.21. The zero-order chi connectivity index (χ0) is 15.2. The molecule has 0 aliphatic carbocycles. The molecule has 0 N–H and O–H groups in total. The van der Waals surface area contributed by atoms with Crippen LogP contribution in [0.25, 0.3) is 0 Å². The molecule has 0 radical (unpaired) electrons. The Bertz CT molecular complexity index is 581. The molecule has 116 valence electrons. The van der Waals surface area contributed by atoms with Gasteiger partial charge in [-0.1, -0.05) is 49.4 Å². The number of likely N-dealkylation sites (tertiary alicyclic amines) is 1. The normalized spacial score (nSPS) is 19.0. The van der Waals surface area contributed by atoms with Crippen LogP contribution in [0.5, 0.6) is 5.75 Å². The molecule has 0 saturated carbocycles. The molecule has 1 unspecified atom stereocenters. The van der Waals surface area contributed by atoms with Crippen LogP contribution < -0.4 is 4.74 Å². The Morgan fingerprint density at radius 1 is 1.05 bits per heavy atom. The van der Waals surface area contributed by atoms with Crippen molar-refractivity contribution in [2.24, 2.45) is 0 Å². The van der Waals surface area contributed by atoms with Crippen LogP contribution in [-0.2, 0) is 13.0 Å². The Morgan fingerprint density at radius 2 is 1.86 bits per heavy atom. The van der Waals surface area contributed by atoms with Crippen molar-refractivity contribution in [3.8, 4) is 5.75 Å². The van der Waals surface area contributed by atoms with E-state index in [1.165, 1.54) is 24.1 Å². The first-order valence-electron chi connectivity index (χ1n) is 8.35. The number of hydrogen-bond acceptors (Lipinski definition) is 2. The third-order valence-corrected chi connectivity index (χ3v) is 4.32. The Hall–Kier alpha value is -1.80. The van der Waals surface area contributed by atoms with Gasteiger partial charge in [-0.2, -0.15) is 0 Å². The molecule has 1 heterocycles. The second kappa shape index (κ2) is 7.46. The molecular weight excluding hydrogens is 270 g/mol. The van der Waals surface area contributed by atoms with Crippen LogP contribution in [-0.4, -0.2) is 24.1 Å². The first-order chi connectivity index (χ1) is 10.8. The smallest absolute Gasteiger partial charge is 0.120 e. The molecule has 1 saturated heterocycles. The lowest BCUT2D eigenvalue weighted by atomic mass is 10.1. The number of piperidine rings is 1. The number of hydrogen-bond donors (Lipinski definition) is 0. The van der Waals surface area contributed by atoms with E-state index in [0.29, 0.717) is 6.10 Å². The summed E-state index contributed by atoms with van der Waals surface area (Å²) in [7, 11) is 0. The lowest BCUT2D eigenvalue weighted by Crippen LogP contribution is -2.40. The summed E-state index contributed by atoms with van der Waals surface area (Å²) in [6, 6.07) is 19.2. The average molecular weight is 295 g/mol. The summed E-state index contributed by atoms with van der Waals surface area (Å²) in [6.45, 7) is 5.39. The van der Waals surface area contributed by atoms with Crippen LogP contribution >= 0.6 is 0 Å². The van der Waals surface area contributed by atoms with Gasteiger partial charge in [-0.3, -0.25) is 4.90 Å². The fourth-order valence-electron chi connectivity index (χ4n) is 3.13. The van der Waals surface area contributed by atoms with Gasteiger partial charge in [0, 0.05) is 13.1 Å². The summed E-state index contributed by atoms with van der Waals surface area (Å²) < 4.78 is 6.22. The highest BCUT2D eigenvalue weighted by atomic mass is 16.5. The second-order valence-electron chi connectivity index (χ2n) is 6.10. The van der Waals surface area contributed by atoms with E-state index >= 15 is 0 Å². The summed E-state index contributed by atoms with van der Waals surface area (Å²) >= 11 is 0. The molecule has 2 aromatic carbocycles. The quantitative estimate of drug-likeness (QED) is 0.816. The van der Waals surface area contributed by atoms with Crippen molar-refractivity contribution in [2.45, 2.75) is 38.8 Å². The topological polar surface area (TPSA) is 12.5 Å². The molecule has 0 spiro atoms. The first-order valence-corrected chi connectivity index (χ1v) is 8.35. The van der Waals surface area contributed by atoms with Gasteiger partial charge in [0.15, 0.2) is 0 Å². The Labute approximate surface area is 133 Å². The van der Waals surface area contributed by atoms with Gasteiger partial charge in [0.2, 0.25) is 0 Å². The van der Waals surface area contributed by atoms with Crippen LogP contribution in [0.4, 0.5) is 0 Å². The molecular formula is C20H25NO. The van der Waals surface area contributed by atoms with E-state index in [4.69, 9.17) is 4.74 Å². The minimum atomic E-state index is 0.310. The lowest BCUT2D eigenvalue weighted by molar-refractivity contribution is 0.0842. The van der Waals surface area contributed by atoms with Crippen molar-refractivity contribution in [1.29, 1.82) is 0 Å². The molecule has 1 fully saturated rings. The SMILES string of the molecule is CCc1cccc(OC2CCCN(Cc3ccccc3)C2)c1. The van der Waals surface area contributed by atoms with Crippen molar-refractivity contribution in [1.82, 2.24) is 4.90 Å². The zero-order valence-corrected chi connectivity index (χ0v) is 13.4. The third kappa shape index (κ3) is 4.11. The minimum absolute atomic E-state index is 0.310. The highest BCUT2D eigenvalue weighted by molar-refractivity contribution is 5.28. The van der Waals surface area contributed by atoms with Gasteiger partial charge in [-0.25, -0.2) is 0 Å².